The lowest BCUT2D eigenvalue weighted by Gasteiger charge is -2.22. The van der Waals surface area contributed by atoms with Gasteiger partial charge in [0.05, 0.1) is 6.04 Å². The topological polar surface area (TPSA) is 159 Å². The van der Waals surface area contributed by atoms with Crippen LogP contribution in [0.2, 0.25) is 0 Å². The van der Waals surface area contributed by atoms with E-state index in [-0.39, 0.29) is 18.8 Å². The van der Waals surface area contributed by atoms with Crippen LogP contribution in [-0.2, 0) is 25.7 Å². The predicted octanol–water partition coefficient (Wildman–Crippen LogP) is -0.552. The van der Waals surface area contributed by atoms with Crippen molar-refractivity contribution in [2.24, 2.45) is 17.2 Å². The summed E-state index contributed by atoms with van der Waals surface area (Å²) in [5, 5.41) is 9.26. The van der Waals surface area contributed by atoms with Gasteiger partial charge in [-0.15, -0.1) is 0 Å². The molecule has 1 rings (SSSR count). The zero-order valence-corrected chi connectivity index (χ0v) is 13.8. The van der Waals surface area contributed by atoms with E-state index in [2.05, 4.69) is 0 Å². The number of aliphatic carboxylic acids is 1. The largest absolute Gasteiger partial charge is 0.479 e. The van der Waals surface area contributed by atoms with Crippen molar-refractivity contribution in [1.29, 1.82) is 0 Å². The lowest BCUT2D eigenvalue weighted by Crippen LogP contribution is -2.58. The maximum atomic E-state index is 12.1. The summed E-state index contributed by atoms with van der Waals surface area (Å²) >= 11 is 1.09. The van der Waals surface area contributed by atoms with Crippen LogP contribution in [0.5, 0.6) is 0 Å². The third kappa shape index (κ3) is 5.84. The predicted molar refractivity (Wildman–Crippen MR) is 89.9 cm³/mol. The molecule has 0 aromatic heterocycles. The van der Waals surface area contributed by atoms with E-state index in [4.69, 9.17) is 21.9 Å². The molecule has 24 heavy (non-hydrogen) atoms. The maximum absolute atomic E-state index is 12.1. The minimum absolute atomic E-state index is 0.0663. The molecule has 0 aliphatic carbocycles. The molecule has 0 spiro atoms. The van der Waals surface area contributed by atoms with Crippen molar-refractivity contribution in [3.05, 3.63) is 35.9 Å². The van der Waals surface area contributed by atoms with Gasteiger partial charge in [0.25, 0.3) is 0 Å². The highest BCUT2D eigenvalue weighted by atomic mass is 32.2. The number of carbonyl (C=O) groups is 3. The summed E-state index contributed by atoms with van der Waals surface area (Å²) in [5.74, 6) is -3.02. The number of carboxylic acid groups (broad SMARTS) is 1. The second-order valence-electron chi connectivity index (χ2n) is 5.19. The van der Waals surface area contributed by atoms with Crippen molar-refractivity contribution >= 4 is 29.6 Å². The fraction of sp³-hybridized carbons (Fsp3) is 0.400. The van der Waals surface area contributed by atoms with Crippen LogP contribution in [0.1, 0.15) is 12.0 Å². The lowest BCUT2D eigenvalue weighted by atomic mass is 10.1. The smallest absolute Gasteiger partial charge is 0.339 e. The Hall–Kier alpha value is -2.10. The zero-order chi connectivity index (χ0) is 18.2. The Bertz CT molecular complexity index is 584. The summed E-state index contributed by atoms with van der Waals surface area (Å²) in [5.41, 5.74) is 14.8. The molecule has 132 valence electrons. The van der Waals surface area contributed by atoms with Crippen LogP contribution in [0.15, 0.2) is 30.3 Å². The van der Waals surface area contributed by atoms with Crippen molar-refractivity contribution in [2.45, 2.75) is 24.6 Å². The van der Waals surface area contributed by atoms with E-state index < -0.39 is 29.4 Å². The molecule has 8 nitrogen and oxygen atoms in total. The minimum atomic E-state index is -2.17. The Morgan fingerprint density at radius 3 is 2.42 bits per heavy atom. The first-order valence-electron chi connectivity index (χ1n) is 7.13. The van der Waals surface area contributed by atoms with Crippen LogP contribution >= 0.6 is 11.8 Å². The number of nitrogens with two attached hydrogens (primary N) is 3. The fourth-order valence-electron chi connectivity index (χ4n) is 1.65. The number of primary amides is 1. The number of hydrogen-bond acceptors (Lipinski definition) is 7. The molecule has 7 N–H and O–H groups in total. The number of esters is 1. The molecule has 9 heteroatoms. The first-order valence-corrected chi connectivity index (χ1v) is 8.29. The molecule has 0 fully saturated rings. The van der Waals surface area contributed by atoms with E-state index >= 15 is 0 Å². The summed E-state index contributed by atoms with van der Waals surface area (Å²) in [4.78, 5) is 34.3. The first-order chi connectivity index (χ1) is 11.3. The van der Waals surface area contributed by atoms with Crippen LogP contribution < -0.4 is 17.2 Å². The van der Waals surface area contributed by atoms with Gasteiger partial charge in [0.15, 0.2) is 0 Å². The summed E-state index contributed by atoms with van der Waals surface area (Å²) in [6.45, 7) is -0.0663. The number of rotatable bonds is 10. The van der Waals surface area contributed by atoms with Crippen molar-refractivity contribution in [1.82, 2.24) is 0 Å². The van der Waals surface area contributed by atoms with E-state index in [9.17, 15) is 19.5 Å². The number of carboxylic acids is 1. The molecule has 0 saturated heterocycles. The highest BCUT2D eigenvalue weighted by Crippen LogP contribution is 2.16. The van der Waals surface area contributed by atoms with Crippen LogP contribution in [0.3, 0.4) is 0 Å². The first kappa shape index (κ1) is 19.9. The van der Waals surface area contributed by atoms with E-state index in [0.29, 0.717) is 5.75 Å². The molecule has 1 amide bonds. The summed E-state index contributed by atoms with van der Waals surface area (Å²) in [6, 6.07) is 8.02. The van der Waals surface area contributed by atoms with Crippen LogP contribution in [-0.4, -0.2) is 46.0 Å². The second kappa shape index (κ2) is 9.26. The zero-order valence-electron chi connectivity index (χ0n) is 13.0. The van der Waals surface area contributed by atoms with E-state index in [0.717, 1.165) is 17.3 Å². The number of carbonyl (C=O) groups excluding carboxylic acids is 2. The Morgan fingerprint density at radius 1 is 1.25 bits per heavy atom. The molecular formula is C15H21N3O5S. The summed E-state index contributed by atoms with van der Waals surface area (Å²) in [7, 11) is 0. The van der Waals surface area contributed by atoms with Gasteiger partial charge in [0.2, 0.25) is 11.4 Å². The Labute approximate surface area is 143 Å². The molecule has 2 unspecified atom stereocenters. The quantitative estimate of drug-likeness (QED) is 0.247. The molecule has 1 aromatic rings. The second-order valence-corrected chi connectivity index (χ2v) is 6.29. The Balaban J connectivity index is 2.54. The van der Waals surface area contributed by atoms with Gasteiger partial charge < -0.3 is 27.0 Å². The van der Waals surface area contributed by atoms with Crippen molar-refractivity contribution < 1.29 is 24.2 Å². The van der Waals surface area contributed by atoms with Gasteiger partial charge in [-0.05, 0) is 17.7 Å². The molecule has 0 bridgehead atoms. The molecule has 0 heterocycles. The molecule has 1 aromatic carbocycles. The van der Waals surface area contributed by atoms with Crippen LogP contribution in [0.4, 0.5) is 0 Å². The van der Waals surface area contributed by atoms with Crippen molar-refractivity contribution in [3.8, 4) is 0 Å². The van der Waals surface area contributed by atoms with Gasteiger partial charge >= 0.3 is 11.9 Å². The summed E-state index contributed by atoms with van der Waals surface area (Å²) in [6.07, 6.45) is 0.259. The van der Waals surface area contributed by atoms with Gasteiger partial charge in [-0.3, -0.25) is 4.79 Å². The monoisotopic (exact) mass is 355 g/mol. The molecule has 0 aliphatic heterocycles. The van der Waals surface area contributed by atoms with Crippen LogP contribution in [0, 0.1) is 0 Å². The van der Waals surface area contributed by atoms with Gasteiger partial charge in [0.1, 0.15) is 6.61 Å². The van der Waals surface area contributed by atoms with E-state index in [1.54, 1.807) is 24.3 Å². The van der Waals surface area contributed by atoms with Gasteiger partial charge in [-0.1, -0.05) is 30.3 Å². The van der Waals surface area contributed by atoms with Gasteiger partial charge in [0, 0.05) is 5.75 Å². The number of ether oxygens (including phenoxy) is 1. The van der Waals surface area contributed by atoms with Crippen LogP contribution in [0.25, 0.3) is 0 Å². The molecule has 0 radical (unpaired) electrons. The highest BCUT2D eigenvalue weighted by molar-refractivity contribution is 7.99. The molecular weight excluding hydrogens is 334 g/mol. The SMILES string of the molecule is NC(=O)C(N)CCSCC(N)(C(=O)O)C(=O)OCc1ccccc1. The van der Waals surface area contributed by atoms with E-state index in [1.165, 1.54) is 0 Å². The Morgan fingerprint density at radius 2 is 1.88 bits per heavy atom. The fourth-order valence-corrected chi connectivity index (χ4v) is 2.77. The van der Waals surface area contributed by atoms with Crippen molar-refractivity contribution in [3.63, 3.8) is 0 Å². The molecule has 2 atom stereocenters. The molecule has 0 saturated carbocycles. The minimum Gasteiger partial charge on any atom is -0.479 e. The van der Waals surface area contributed by atoms with Gasteiger partial charge in [-0.2, -0.15) is 11.8 Å². The average molecular weight is 355 g/mol. The normalized spacial score (nSPS) is 14.4. The third-order valence-corrected chi connectivity index (χ3v) is 4.41. The maximum Gasteiger partial charge on any atom is 0.339 e. The number of hydrogen-bond donors (Lipinski definition) is 4. The van der Waals surface area contributed by atoms with Gasteiger partial charge in [-0.25, -0.2) is 9.59 Å². The lowest BCUT2D eigenvalue weighted by molar-refractivity contribution is -0.160. The highest BCUT2D eigenvalue weighted by Gasteiger charge is 2.44. The standard InChI is InChI=1S/C15H21N3O5S/c16-11(12(17)19)6-7-24-9-15(18,13(20)21)14(22)23-8-10-4-2-1-3-5-10/h1-5,11H,6-9,16,18H2,(H2,17,19)(H,20,21). The molecule has 0 aliphatic rings. The number of amides is 1. The van der Waals surface area contributed by atoms with Crippen molar-refractivity contribution in [2.75, 3.05) is 11.5 Å². The summed E-state index contributed by atoms with van der Waals surface area (Å²) < 4.78 is 5.01. The Kier molecular flexibility index (Phi) is 7.69. The average Bonchev–Trinajstić information content (AvgIpc) is 2.56. The number of thioether (sulfide) groups is 1. The van der Waals surface area contributed by atoms with E-state index in [1.807, 2.05) is 6.07 Å². The third-order valence-electron chi connectivity index (χ3n) is 3.23. The number of benzene rings is 1.